The molecular weight excluding hydrogens is 369 g/mol. The second-order valence-corrected chi connectivity index (χ2v) is 8.36. The highest BCUT2D eigenvalue weighted by Gasteiger charge is 2.24. The van der Waals surface area contributed by atoms with Gasteiger partial charge in [0.25, 0.3) is 0 Å². The fraction of sp³-hybridized carbons (Fsp3) is 0.385. The minimum Gasteiger partial charge on any atom is -0.204 e. The van der Waals surface area contributed by atoms with E-state index >= 15 is 0 Å². The first kappa shape index (κ1) is 20.0. The lowest BCUT2D eigenvalue weighted by Gasteiger charge is -2.29. The molecule has 0 unspecified atom stereocenters. The van der Waals surface area contributed by atoms with Crippen LogP contribution in [0.15, 0.2) is 48.5 Å². The number of rotatable bonds is 5. The van der Waals surface area contributed by atoms with Crippen molar-refractivity contribution in [2.75, 3.05) is 0 Å². The van der Waals surface area contributed by atoms with Gasteiger partial charge in [0.15, 0.2) is 17.5 Å². The van der Waals surface area contributed by atoms with Gasteiger partial charge in [-0.1, -0.05) is 55.8 Å². The summed E-state index contributed by atoms with van der Waals surface area (Å²) in [7, 11) is 0. The van der Waals surface area contributed by atoms with Crippen LogP contribution < -0.4 is 0 Å². The lowest BCUT2D eigenvalue weighted by Crippen LogP contribution is -2.12. The summed E-state index contributed by atoms with van der Waals surface area (Å²) in [6, 6.07) is 15.5. The van der Waals surface area contributed by atoms with Crippen molar-refractivity contribution in [3.63, 3.8) is 0 Å². The zero-order valence-corrected chi connectivity index (χ0v) is 16.9. The minimum absolute atomic E-state index is 0.143. The molecule has 0 atom stereocenters. The van der Waals surface area contributed by atoms with Crippen molar-refractivity contribution >= 4 is 10.8 Å². The highest BCUT2D eigenvalue weighted by Crippen LogP contribution is 2.41. The molecule has 3 aromatic carbocycles. The van der Waals surface area contributed by atoms with Crippen LogP contribution in [-0.2, 0) is 6.42 Å². The summed E-state index contributed by atoms with van der Waals surface area (Å²) in [5.74, 6) is -2.66. The molecule has 0 N–H and O–H groups in total. The molecule has 3 heteroatoms. The largest absolute Gasteiger partial charge is 0.204 e. The van der Waals surface area contributed by atoms with Crippen LogP contribution in [0.2, 0.25) is 0 Å². The molecule has 0 radical (unpaired) electrons. The number of halogens is 3. The molecule has 4 rings (SSSR count). The highest BCUT2D eigenvalue weighted by molar-refractivity contribution is 5.84. The molecule has 0 saturated heterocycles. The second-order valence-electron chi connectivity index (χ2n) is 8.36. The van der Waals surface area contributed by atoms with Crippen molar-refractivity contribution in [1.82, 2.24) is 0 Å². The first-order valence-electron chi connectivity index (χ1n) is 10.7. The van der Waals surface area contributed by atoms with E-state index in [1.54, 1.807) is 6.07 Å². The van der Waals surface area contributed by atoms with E-state index in [1.807, 2.05) is 12.1 Å². The Kier molecular flexibility index (Phi) is 5.94. The molecule has 3 aromatic rings. The Morgan fingerprint density at radius 2 is 1.38 bits per heavy atom. The van der Waals surface area contributed by atoms with E-state index in [0.29, 0.717) is 17.2 Å². The summed E-state index contributed by atoms with van der Waals surface area (Å²) in [5.41, 5.74) is 3.93. The lowest BCUT2D eigenvalue weighted by atomic mass is 9.76. The van der Waals surface area contributed by atoms with Crippen LogP contribution in [0, 0.1) is 17.5 Å². The van der Waals surface area contributed by atoms with E-state index in [1.165, 1.54) is 24.0 Å². The SMILES string of the molecule is CCCCc1ccc(C2CCC(c3ccc4c(F)c(F)c(F)cc4c3)CC2)cc1. The third-order valence-electron chi connectivity index (χ3n) is 6.47. The maximum atomic E-state index is 14.0. The van der Waals surface area contributed by atoms with Gasteiger partial charge in [0.2, 0.25) is 0 Å². The first-order chi connectivity index (χ1) is 14.1. The monoisotopic (exact) mass is 396 g/mol. The first-order valence-corrected chi connectivity index (χ1v) is 10.7. The molecule has 152 valence electrons. The molecule has 1 aliphatic rings. The average molecular weight is 396 g/mol. The van der Waals surface area contributed by atoms with Gasteiger partial charge in [-0.15, -0.1) is 0 Å². The molecule has 29 heavy (non-hydrogen) atoms. The van der Waals surface area contributed by atoms with Crippen molar-refractivity contribution in [3.8, 4) is 0 Å². The lowest BCUT2D eigenvalue weighted by molar-refractivity contribution is 0.396. The van der Waals surface area contributed by atoms with Crippen LogP contribution in [0.5, 0.6) is 0 Å². The topological polar surface area (TPSA) is 0 Å². The summed E-state index contributed by atoms with van der Waals surface area (Å²) < 4.78 is 41.0. The molecule has 1 fully saturated rings. The summed E-state index contributed by atoms with van der Waals surface area (Å²) in [4.78, 5) is 0. The fourth-order valence-corrected chi connectivity index (χ4v) is 4.67. The predicted molar refractivity (Wildman–Crippen MR) is 113 cm³/mol. The number of hydrogen-bond donors (Lipinski definition) is 0. The number of benzene rings is 3. The van der Waals surface area contributed by atoms with Gasteiger partial charge in [0.1, 0.15) is 0 Å². The van der Waals surface area contributed by atoms with Crippen LogP contribution in [0.25, 0.3) is 10.8 Å². The maximum Gasteiger partial charge on any atom is 0.195 e. The minimum atomic E-state index is -1.40. The molecule has 0 aromatic heterocycles. The third-order valence-corrected chi connectivity index (χ3v) is 6.47. The van der Waals surface area contributed by atoms with Gasteiger partial charge >= 0.3 is 0 Å². The quantitative estimate of drug-likeness (QED) is 0.383. The van der Waals surface area contributed by atoms with Crippen LogP contribution in [0.3, 0.4) is 0 Å². The van der Waals surface area contributed by atoms with Gasteiger partial charge < -0.3 is 0 Å². The van der Waals surface area contributed by atoms with E-state index in [2.05, 4.69) is 31.2 Å². The normalized spacial score (nSPS) is 19.6. The standard InChI is InChI=1S/C26H27F3/c1-2-3-4-17-5-7-18(8-6-17)19-9-11-20(12-10-19)21-13-14-23-22(15-21)16-24(27)26(29)25(23)28/h5-8,13-16,19-20H,2-4,9-12H2,1H3. The van der Waals surface area contributed by atoms with Crippen LogP contribution in [0.4, 0.5) is 13.2 Å². The number of hydrogen-bond acceptors (Lipinski definition) is 0. The molecular formula is C26H27F3. The zero-order chi connectivity index (χ0) is 20.4. The molecule has 0 bridgehead atoms. The molecule has 0 nitrogen and oxygen atoms in total. The van der Waals surface area contributed by atoms with E-state index in [9.17, 15) is 13.2 Å². The number of aryl methyl sites for hydroxylation is 1. The Bertz CT molecular complexity index is 983. The molecule has 1 saturated carbocycles. The zero-order valence-electron chi connectivity index (χ0n) is 16.9. The van der Waals surface area contributed by atoms with Crippen molar-refractivity contribution in [3.05, 3.63) is 82.7 Å². The van der Waals surface area contributed by atoms with Crippen molar-refractivity contribution in [2.45, 2.75) is 63.7 Å². The Morgan fingerprint density at radius 1 is 0.759 bits per heavy atom. The molecule has 1 aliphatic carbocycles. The Morgan fingerprint density at radius 3 is 2.03 bits per heavy atom. The Balaban J connectivity index is 1.45. The van der Waals surface area contributed by atoms with Crippen LogP contribution >= 0.6 is 0 Å². The van der Waals surface area contributed by atoms with E-state index in [0.717, 1.165) is 43.7 Å². The Labute approximate surface area is 170 Å². The fourth-order valence-electron chi connectivity index (χ4n) is 4.67. The van der Waals surface area contributed by atoms with Gasteiger partial charge in [0, 0.05) is 5.39 Å². The van der Waals surface area contributed by atoms with Crippen molar-refractivity contribution in [1.29, 1.82) is 0 Å². The van der Waals surface area contributed by atoms with Gasteiger partial charge in [0.05, 0.1) is 0 Å². The molecule has 0 heterocycles. The number of fused-ring (bicyclic) bond motifs is 1. The Hall–Kier alpha value is -2.29. The van der Waals surface area contributed by atoms with Gasteiger partial charge in [-0.05, 0) is 78.5 Å². The second kappa shape index (κ2) is 8.61. The summed E-state index contributed by atoms with van der Waals surface area (Å²) >= 11 is 0. The summed E-state index contributed by atoms with van der Waals surface area (Å²) in [5, 5.41) is 0.577. The highest BCUT2D eigenvalue weighted by atomic mass is 19.2. The van der Waals surface area contributed by atoms with E-state index < -0.39 is 17.5 Å². The smallest absolute Gasteiger partial charge is 0.195 e. The summed E-state index contributed by atoms with van der Waals surface area (Å²) in [6.45, 7) is 2.22. The number of unbranched alkanes of at least 4 members (excludes halogenated alkanes) is 1. The van der Waals surface area contributed by atoms with Gasteiger partial charge in [-0.2, -0.15) is 0 Å². The third kappa shape index (κ3) is 4.19. The molecule has 0 spiro atoms. The maximum absolute atomic E-state index is 14.0. The van der Waals surface area contributed by atoms with Gasteiger partial charge in [-0.25, -0.2) is 13.2 Å². The molecule has 0 aliphatic heterocycles. The van der Waals surface area contributed by atoms with Crippen LogP contribution in [0.1, 0.15) is 74.0 Å². The predicted octanol–water partition coefficient (Wildman–Crippen LogP) is 8.04. The van der Waals surface area contributed by atoms with E-state index in [-0.39, 0.29) is 5.39 Å². The van der Waals surface area contributed by atoms with Gasteiger partial charge in [-0.3, -0.25) is 0 Å². The van der Waals surface area contributed by atoms with Crippen molar-refractivity contribution in [2.24, 2.45) is 0 Å². The van der Waals surface area contributed by atoms with E-state index in [4.69, 9.17) is 0 Å². The van der Waals surface area contributed by atoms with Crippen LogP contribution in [-0.4, -0.2) is 0 Å². The molecule has 0 amide bonds. The van der Waals surface area contributed by atoms with Crippen molar-refractivity contribution < 1.29 is 13.2 Å². The average Bonchev–Trinajstić information content (AvgIpc) is 2.76. The summed E-state index contributed by atoms with van der Waals surface area (Å²) in [6.07, 6.45) is 7.94.